The largest absolute Gasteiger partial charge is 0.356 e. The Morgan fingerprint density at radius 1 is 0.351 bits per heavy atom. The lowest BCUT2D eigenvalue weighted by molar-refractivity contribution is 0.165. The molecule has 0 aromatic heterocycles. The van der Waals surface area contributed by atoms with Crippen molar-refractivity contribution in [2.24, 2.45) is 0 Å². The molecule has 0 amide bonds. The highest BCUT2D eigenvalue weighted by Gasteiger charge is 2.20. The fraction of sp³-hybridized carbons (Fsp3) is 0.943. The van der Waals surface area contributed by atoms with E-state index in [4.69, 9.17) is 0 Å². The topological polar surface area (TPSA) is 6.48 Å². The summed E-state index contributed by atoms with van der Waals surface area (Å²) < 4.78 is 0. The van der Waals surface area contributed by atoms with Crippen LogP contribution in [-0.4, -0.2) is 29.1 Å². The van der Waals surface area contributed by atoms with Crippen molar-refractivity contribution in [1.29, 1.82) is 0 Å². The molecule has 0 bridgehead atoms. The van der Waals surface area contributed by atoms with Gasteiger partial charge in [-0.1, -0.05) is 174 Å². The zero-order valence-electron chi connectivity index (χ0n) is 26.1. The van der Waals surface area contributed by atoms with E-state index in [2.05, 4.69) is 43.0 Å². The molecule has 1 rings (SSSR count). The lowest BCUT2D eigenvalue weighted by atomic mass is 10.0. The van der Waals surface area contributed by atoms with Crippen LogP contribution in [-0.2, 0) is 0 Å². The first-order chi connectivity index (χ1) is 18.3. The zero-order chi connectivity index (χ0) is 26.7. The van der Waals surface area contributed by atoms with Crippen LogP contribution in [0.2, 0.25) is 0 Å². The summed E-state index contributed by atoms with van der Waals surface area (Å²) in [5.41, 5.74) is 0. The maximum atomic E-state index is 2.57. The molecule has 0 aliphatic carbocycles. The van der Waals surface area contributed by atoms with Gasteiger partial charge in [0.1, 0.15) is 0 Å². The molecule has 0 aromatic rings. The van der Waals surface area contributed by atoms with Gasteiger partial charge in [-0.05, 0) is 19.8 Å². The second-order valence-electron chi connectivity index (χ2n) is 12.2. The lowest BCUT2D eigenvalue weighted by Gasteiger charge is -2.30. The monoisotopic (exact) mass is 519 g/mol. The maximum Gasteiger partial charge on any atom is 0.0977 e. The number of nitrogens with zero attached hydrogens (tertiary/aromatic N) is 2. The molecule has 2 heteroatoms. The van der Waals surface area contributed by atoms with E-state index in [0.29, 0.717) is 6.17 Å². The molecule has 1 atom stereocenters. The Balaban J connectivity index is 1.83. The van der Waals surface area contributed by atoms with E-state index in [-0.39, 0.29) is 0 Å². The van der Waals surface area contributed by atoms with Gasteiger partial charge in [0.2, 0.25) is 0 Å². The number of hydrogen-bond acceptors (Lipinski definition) is 2. The highest BCUT2D eigenvalue weighted by atomic mass is 15.4. The van der Waals surface area contributed by atoms with E-state index in [1.54, 1.807) is 0 Å². The first kappa shape index (κ1) is 34.4. The third kappa shape index (κ3) is 20.9. The third-order valence-corrected chi connectivity index (χ3v) is 8.70. The summed E-state index contributed by atoms with van der Waals surface area (Å²) in [6, 6.07) is 0. The van der Waals surface area contributed by atoms with Crippen LogP contribution in [0.5, 0.6) is 0 Å². The molecule has 0 radical (unpaired) electrons. The van der Waals surface area contributed by atoms with Crippen LogP contribution in [0.15, 0.2) is 12.4 Å². The quantitative estimate of drug-likeness (QED) is 0.0908. The molecule has 1 aliphatic rings. The third-order valence-electron chi connectivity index (χ3n) is 8.70. The molecular weight excluding hydrogens is 448 g/mol. The van der Waals surface area contributed by atoms with Crippen molar-refractivity contribution in [3.8, 4) is 0 Å². The minimum absolute atomic E-state index is 0.569. The highest BCUT2D eigenvalue weighted by molar-refractivity contribution is 4.95. The number of hydrogen-bond donors (Lipinski definition) is 0. The van der Waals surface area contributed by atoms with Gasteiger partial charge in [0.15, 0.2) is 0 Å². The van der Waals surface area contributed by atoms with Gasteiger partial charge < -0.3 is 9.80 Å². The fourth-order valence-electron chi connectivity index (χ4n) is 5.93. The summed E-state index contributed by atoms with van der Waals surface area (Å²) in [4.78, 5) is 5.14. The molecule has 2 nitrogen and oxygen atoms in total. The number of rotatable bonds is 29. The van der Waals surface area contributed by atoms with Crippen molar-refractivity contribution in [2.75, 3.05) is 13.1 Å². The molecule has 0 saturated carbocycles. The van der Waals surface area contributed by atoms with Crippen LogP contribution in [0, 0.1) is 0 Å². The molecule has 0 saturated heterocycles. The Hall–Kier alpha value is -0.660. The molecule has 0 aromatic carbocycles. The minimum atomic E-state index is 0.569. The Kier molecular flexibility index (Phi) is 25.0. The van der Waals surface area contributed by atoms with E-state index in [1.165, 1.54) is 186 Å². The Morgan fingerprint density at radius 3 is 0.811 bits per heavy atom. The molecule has 0 fully saturated rings. The van der Waals surface area contributed by atoms with Gasteiger partial charge in [-0.25, -0.2) is 0 Å². The molecule has 0 spiro atoms. The molecule has 0 N–H and O–H groups in total. The van der Waals surface area contributed by atoms with Gasteiger partial charge in [0.05, 0.1) is 6.17 Å². The van der Waals surface area contributed by atoms with Gasteiger partial charge in [-0.15, -0.1) is 0 Å². The second-order valence-corrected chi connectivity index (χ2v) is 12.2. The molecule has 1 unspecified atom stereocenters. The Morgan fingerprint density at radius 2 is 0.568 bits per heavy atom. The van der Waals surface area contributed by atoms with E-state index in [1.807, 2.05) is 0 Å². The second kappa shape index (κ2) is 26.9. The first-order valence-corrected chi connectivity index (χ1v) is 17.5. The lowest BCUT2D eigenvalue weighted by Crippen LogP contribution is -2.36. The van der Waals surface area contributed by atoms with Crippen molar-refractivity contribution in [1.82, 2.24) is 9.80 Å². The SMILES string of the molecule is CCCCCCCCCCCCCCCCN1C=CN(CCCCCCCCCCCCCCC)C1C. The summed E-state index contributed by atoms with van der Waals surface area (Å²) in [6.07, 6.45) is 44.2. The predicted molar refractivity (Wildman–Crippen MR) is 168 cm³/mol. The van der Waals surface area contributed by atoms with Crippen molar-refractivity contribution >= 4 is 0 Å². The van der Waals surface area contributed by atoms with E-state index < -0.39 is 0 Å². The van der Waals surface area contributed by atoms with Crippen LogP contribution in [0.4, 0.5) is 0 Å². The summed E-state index contributed by atoms with van der Waals surface area (Å²) in [7, 11) is 0. The summed E-state index contributed by atoms with van der Waals surface area (Å²) in [5.74, 6) is 0. The summed E-state index contributed by atoms with van der Waals surface area (Å²) >= 11 is 0. The fourth-order valence-corrected chi connectivity index (χ4v) is 5.93. The molecule has 1 aliphatic heterocycles. The van der Waals surface area contributed by atoms with Gasteiger partial charge in [0, 0.05) is 25.5 Å². The van der Waals surface area contributed by atoms with Crippen molar-refractivity contribution in [3.05, 3.63) is 12.4 Å². The van der Waals surface area contributed by atoms with Gasteiger partial charge in [-0.3, -0.25) is 0 Å². The van der Waals surface area contributed by atoms with Crippen molar-refractivity contribution in [2.45, 2.75) is 200 Å². The average Bonchev–Trinajstić information content (AvgIpc) is 3.25. The van der Waals surface area contributed by atoms with Crippen molar-refractivity contribution < 1.29 is 0 Å². The Labute approximate surface area is 235 Å². The van der Waals surface area contributed by atoms with Crippen LogP contribution >= 0.6 is 0 Å². The molecule has 220 valence electrons. The van der Waals surface area contributed by atoms with Crippen LogP contribution in [0.25, 0.3) is 0 Å². The number of unbranched alkanes of at least 4 members (excludes halogenated alkanes) is 25. The first-order valence-electron chi connectivity index (χ1n) is 17.5. The standard InChI is InChI=1S/C35H70N2/c1-4-6-8-10-12-14-16-18-20-22-24-26-28-30-32-37-34-33-36(35(37)3)31-29-27-25-23-21-19-17-15-13-11-9-7-5-2/h33-35H,4-32H2,1-3H3. The summed E-state index contributed by atoms with van der Waals surface area (Å²) in [6.45, 7) is 9.49. The maximum absolute atomic E-state index is 2.57. The summed E-state index contributed by atoms with van der Waals surface area (Å²) in [5, 5.41) is 0. The van der Waals surface area contributed by atoms with E-state index in [9.17, 15) is 0 Å². The molecule has 1 heterocycles. The minimum Gasteiger partial charge on any atom is -0.356 e. The zero-order valence-corrected chi connectivity index (χ0v) is 26.1. The van der Waals surface area contributed by atoms with Gasteiger partial charge in [-0.2, -0.15) is 0 Å². The smallest absolute Gasteiger partial charge is 0.0977 e. The van der Waals surface area contributed by atoms with Crippen LogP contribution < -0.4 is 0 Å². The van der Waals surface area contributed by atoms with E-state index in [0.717, 1.165) is 0 Å². The average molecular weight is 519 g/mol. The van der Waals surface area contributed by atoms with E-state index >= 15 is 0 Å². The van der Waals surface area contributed by atoms with Crippen LogP contribution in [0.1, 0.15) is 194 Å². The molecule has 37 heavy (non-hydrogen) atoms. The predicted octanol–water partition coefficient (Wildman–Crippen LogP) is 12.0. The van der Waals surface area contributed by atoms with Gasteiger partial charge >= 0.3 is 0 Å². The molecular formula is C35H70N2. The van der Waals surface area contributed by atoms with Crippen molar-refractivity contribution in [3.63, 3.8) is 0 Å². The Bertz CT molecular complexity index is 474. The normalized spacial score (nSPS) is 15.4. The van der Waals surface area contributed by atoms with Crippen LogP contribution in [0.3, 0.4) is 0 Å². The van der Waals surface area contributed by atoms with Gasteiger partial charge in [0.25, 0.3) is 0 Å². The highest BCUT2D eigenvalue weighted by Crippen LogP contribution is 2.19.